The van der Waals surface area contributed by atoms with Gasteiger partial charge in [0.05, 0.1) is 0 Å². The number of aryl methyl sites for hydroxylation is 2. The van der Waals surface area contributed by atoms with Crippen LogP contribution in [0.25, 0.3) is 11.4 Å². The first-order chi connectivity index (χ1) is 13.5. The van der Waals surface area contributed by atoms with Crippen molar-refractivity contribution in [2.24, 2.45) is 7.05 Å². The quantitative estimate of drug-likeness (QED) is 0.819. The molecular weight excluding hydrogens is 354 g/mol. The Labute approximate surface area is 165 Å². The Morgan fingerprint density at radius 3 is 2.61 bits per heavy atom. The second-order valence-corrected chi connectivity index (χ2v) is 7.79. The molecule has 1 aliphatic carbocycles. The van der Waals surface area contributed by atoms with Crippen molar-refractivity contribution in [2.75, 3.05) is 19.6 Å². The molecular formula is C21H27N5O2. The second-order valence-electron chi connectivity index (χ2n) is 7.79. The van der Waals surface area contributed by atoms with Crippen molar-refractivity contribution in [1.29, 1.82) is 0 Å². The highest BCUT2D eigenvalue weighted by Gasteiger charge is 2.32. The van der Waals surface area contributed by atoms with Gasteiger partial charge in [0.1, 0.15) is 12.4 Å². The summed E-state index contributed by atoms with van der Waals surface area (Å²) in [5, 5.41) is 4.27. The molecule has 2 aliphatic rings. The summed E-state index contributed by atoms with van der Waals surface area (Å²) in [6.45, 7) is 3.24. The molecule has 0 bridgehead atoms. The number of piperazine rings is 1. The zero-order valence-corrected chi connectivity index (χ0v) is 16.6. The van der Waals surface area contributed by atoms with E-state index in [0.717, 1.165) is 24.2 Å². The predicted octanol–water partition coefficient (Wildman–Crippen LogP) is 2.41. The van der Waals surface area contributed by atoms with Crippen molar-refractivity contribution >= 4 is 11.8 Å². The molecule has 1 aromatic carbocycles. The molecule has 0 radical (unpaired) electrons. The first-order valence-electron chi connectivity index (χ1n) is 10.1. The lowest BCUT2D eigenvalue weighted by Gasteiger charge is -2.40. The predicted molar refractivity (Wildman–Crippen MR) is 106 cm³/mol. The van der Waals surface area contributed by atoms with Crippen LogP contribution in [0.1, 0.15) is 48.3 Å². The zero-order valence-electron chi connectivity index (χ0n) is 16.6. The molecule has 148 valence electrons. The van der Waals surface area contributed by atoms with Gasteiger partial charge in [-0.15, -0.1) is 0 Å². The first kappa shape index (κ1) is 18.7. The van der Waals surface area contributed by atoms with E-state index in [2.05, 4.69) is 10.1 Å². The van der Waals surface area contributed by atoms with Crippen molar-refractivity contribution in [3.05, 3.63) is 35.7 Å². The van der Waals surface area contributed by atoms with E-state index < -0.39 is 0 Å². The Bertz CT molecular complexity index is 885. The van der Waals surface area contributed by atoms with Crippen molar-refractivity contribution in [3.8, 4) is 11.4 Å². The number of carbonyl (C=O) groups is 2. The smallest absolute Gasteiger partial charge is 0.254 e. The minimum Gasteiger partial charge on any atom is -0.336 e. The molecule has 2 fully saturated rings. The fourth-order valence-electron chi connectivity index (χ4n) is 4.38. The van der Waals surface area contributed by atoms with Crippen LogP contribution in [0.15, 0.2) is 24.3 Å². The highest BCUT2D eigenvalue weighted by Crippen LogP contribution is 2.25. The summed E-state index contributed by atoms with van der Waals surface area (Å²) in [4.78, 5) is 33.8. The summed E-state index contributed by atoms with van der Waals surface area (Å²) in [6, 6.07) is 7.77. The Hall–Kier alpha value is -2.70. The average Bonchev–Trinajstić information content (AvgIpc) is 3.06. The molecule has 0 spiro atoms. The minimum absolute atomic E-state index is 0.0755. The number of hydrogen-bond acceptors (Lipinski definition) is 4. The van der Waals surface area contributed by atoms with Gasteiger partial charge in [0.2, 0.25) is 5.91 Å². The number of aromatic nitrogens is 3. The number of nitrogens with zero attached hydrogens (tertiary/aromatic N) is 5. The molecule has 2 aromatic rings. The van der Waals surface area contributed by atoms with Gasteiger partial charge < -0.3 is 9.80 Å². The fourth-order valence-corrected chi connectivity index (χ4v) is 4.38. The molecule has 1 saturated carbocycles. The van der Waals surface area contributed by atoms with E-state index in [0.29, 0.717) is 30.5 Å². The van der Waals surface area contributed by atoms with Gasteiger partial charge in [-0.25, -0.2) is 9.67 Å². The van der Waals surface area contributed by atoms with Gasteiger partial charge in [0.15, 0.2) is 5.82 Å². The van der Waals surface area contributed by atoms with Gasteiger partial charge in [0, 0.05) is 37.3 Å². The lowest BCUT2D eigenvalue weighted by molar-refractivity contribution is -0.138. The first-order valence-corrected chi connectivity index (χ1v) is 10.1. The molecule has 2 heterocycles. The molecule has 7 nitrogen and oxygen atoms in total. The Morgan fingerprint density at radius 1 is 1.14 bits per heavy atom. The monoisotopic (exact) mass is 381 g/mol. The molecule has 4 rings (SSSR count). The van der Waals surface area contributed by atoms with E-state index in [4.69, 9.17) is 0 Å². The SMILES string of the molecule is Cc1nc(-c2cccc(C(=O)N3CCN(C4CCCCC4)C(=O)C3)c2)n(C)n1. The average molecular weight is 381 g/mol. The van der Waals surface area contributed by atoms with Crippen LogP contribution in [-0.2, 0) is 11.8 Å². The van der Waals surface area contributed by atoms with E-state index in [-0.39, 0.29) is 18.4 Å². The molecule has 1 aromatic heterocycles. The standard InChI is InChI=1S/C21H27N5O2/c1-15-22-20(24(2)23-15)16-7-6-8-17(13-16)21(28)25-11-12-26(19(27)14-25)18-9-4-3-5-10-18/h6-8,13,18H,3-5,9-12,14H2,1-2H3. The number of rotatable bonds is 3. The van der Waals surface area contributed by atoms with Crippen LogP contribution < -0.4 is 0 Å². The highest BCUT2D eigenvalue weighted by atomic mass is 16.2. The van der Waals surface area contributed by atoms with Gasteiger partial charge in [0.25, 0.3) is 5.91 Å². The Balaban J connectivity index is 1.47. The summed E-state index contributed by atoms with van der Waals surface area (Å²) < 4.78 is 1.71. The molecule has 2 amide bonds. The van der Waals surface area contributed by atoms with E-state index in [9.17, 15) is 9.59 Å². The summed E-state index contributed by atoms with van der Waals surface area (Å²) in [5.41, 5.74) is 1.43. The van der Waals surface area contributed by atoms with Crippen LogP contribution in [0, 0.1) is 6.92 Å². The minimum atomic E-state index is -0.0996. The normalized spacial score (nSPS) is 18.6. The summed E-state index contributed by atoms with van der Waals surface area (Å²) in [7, 11) is 1.84. The van der Waals surface area contributed by atoms with Gasteiger partial charge in [-0.2, -0.15) is 5.10 Å². The van der Waals surface area contributed by atoms with Crippen molar-refractivity contribution in [2.45, 2.75) is 45.1 Å². The summed E-state index contributed by atoms with van der Waals surface area (Å²) >= 11 is 0. The van der Waals surface area contributed by atoms with Gasteiger partial charge in [-0.05, 0) is 31.9 Å². The maximum atomic E-state index is 13.0. The zero-order chi connectivity index (χ0) is 19.7. The van der Waals surface area contributed by atoms with Gasteiger partial charge in [-0.3, -0.25) is 9.59 Å². The van der Waals surface area contributed by atoms with Crippen LogP contribution in [0.3, 0.4) is 0 Å². The second kappa shape index (κ2) is 7.73. The largest absolute Gasteiger partial charge is 0.336 e. The Morgan fingerprint density at radius 2 is 1.93 bits per heavy atom. The molecule has 28 heavy (non-hydrogen) atoms. The van der Waals surface area contributed by atoms with E-state index >= 15 is 0 Å². The third-order valence-electron chi connectivity index (χ3n) is 5.80. The van der Waals surface area contributed by atoms with Crippen molar-refractivity contribution < 1.29 is 9.59 Å². The Kier molecular flexibility index (Phi) is 5.15. The van der Waals surface area contributed by atoms with E-state index in [1.165, 1.54) is 19.3 Å². The van der Waals surface area contributed by atoms with Crippen molar-refractivity contribution in [1.82, 2.24) is 24.6 Å². The number of carbonyl (C=O) groups excluding carboxylic acids is 2. The van der Waals surface area contributed by atoms with Crippen LogP contribution >= 0.6 is 0 Å². The summed E-state index contributed by atoms with van der Waals surface area (Å²) in [6.07, 6.45) is 5.86. The lowest BCUT2D eigenvalue weighted by atomic mass is 9.93. The topological polar surface area (TPSA) is 71.3 Å². The number of amides is 2. The van der Waals surface area contributed by atoms with E-state index in [1.807, 2.05) is 37.1 Å². The number of benzene rings is 1. The lowest BCUT2D eigenvalue weighted by Crippen LogP contribution is -2.55. The van der Waals surface area contributed by atoms with E-state index in [1.54, 1.807) is 15.6 Å². The van der Waals surface area contributed by atoms with Crippen molar-refractivity contribution in [3.63, 3.8) is 0 Å². The van der Waals surface area contributed by atoms with Crippen LogP contribution in [0.4, 0.5) is 0 Å². The van der Waals surface area contributed by atoms with Gasteiger partial charge >= 0.3 is 0 Å². The summed E-state index contributed by atoms with van der Waals surface area (Å²) in [5.74, 6) is 1.40. The molecule has 0 N–H and O–H groups in total. The van der Waals surface area contributed by atoms with Gasteiger partial charge in [-0.1, -0.05) is 31.4 Å². The number of hydrogen-bond donors (Lipinski definition) is 0. The molecule has 7 heteroatoms. The third kappa shape index (κ3) is 3.66. The molecule has 0 atom stereocenters. The maximum absolute atomic E-state index is 13.0. The molecule has 0 unspecified atom stereocenters. The molecule has 1 saturated heterocycles. The van der Waals surface area contributed by atoms with Crippen LogP contribution in [0.2, 0.25) is 0 Å². The highest BCUT2D eigenvalue weighted by molar-refractivity contribution is 5.98. The molecule has 1 aliphatic heterocycles. The third-order valence-corrected chi connectivity index (χ3v) is 5.80. The van der Waals surface area contributed by atoms with Crippen LogP contribution in [0.5, 0.6) is 0 Å². The fraction of sp³-hybridized carbons (Fsp3) is 0.524. The van der Waals surface area contributed by atoms with Crippen LogP contribution in [-0.4, -0.2) is 62.1 Å². The maximum Gasteiger partial charge on any atom is 0.254 e.